The van der Waals surface area contributed by atoms with Gasteiger partial charge in [-0.2, -0.15) is 0 Å². The standard InChI is InChI=1S/C26H30N4O/c1-30(2)25(31)20-29-26(27-18-21-12-6-3-7-13-21)28-19-24(22-14-8-4-9-15-22)23-16-10-5-11-17-23/h3-17,24H,18-20H2,1-2H3,(H2,27,28,29). The molecule has 0 saturated heterocycles. The van der Waals surface area contributed by atoms with Gasteiger partial charge in [0.05, 0.1) is 13.1 Å². The zero-order valence-electron chi connectivity index (χ0n) is 18.2. The number of rotatable bonds is 8. The van der Waals surface area contributed by atoms with Crippen molar-refractivity contribution >= 4 is 11.9 Å². The van der Waals surface area contributed by atoms with Crippen LogP contribution in [0, 0.1) is 0 Å². The van der Waals surface area contributed by atoms with Gasteiger partial charge in [-0.1, -0.05) is 91.0 Å². The number of hydrogen-bond acceptors (Lipinski definition) is 2. The van der Waals surface area contributed by atoms with E-state index >= 15 is 0 Å². The zero-order valence-corrected chi connectivity index (χ0v) is 18.2. The molecule has 1 amide bonds. The summed E-state index contributed by atoms with van der Waals surface area (Å²) < 4.78 is 0. The van der Waals surface area contributed by atoms with Gasteiger partial charge in [0.15, 0.2) is 5.96 Å². The van der Waals surface area contributed by atoms with E-state index in [-0.39, 0.29) is 18.4 Å². The molecular formula is C26H30N4O. The number of carbonyl (C=O) groups is 1. The summed E-state index contributed by atoms with van der Waals surface area (Å²) in [5, 5.41) is 6.63. The Hall–Kier alpha value is -3.60. The van der Waals surface area contributed by atoms with E-state index in [1.54, 1.807) is 19.0 Å². The van der Waals surface area contributed by atoms with Crippen LogP contribution in [0.5, 0.6) is 0 Å². The van der Waals surface area contributed by atoms with Crippen LogP contribution in [-0.2, 0) is 11.3 Å². The number of carbonyl (C=O) groups excluding carboxylic acids is 1. The van der Waals surface area contributed by atoms with E-state index < -0.39 is 0 Å². The van der Waals surface area contributed by atoms with E-state index in [9.17, 15) is 4.79 Å². The summed E-state index contributed by atoms with van der Waals surface area (Å²) in [5.41, 5.74) is 3.58. The van der Waals surface area contributed by atoms with Gasteiger partial charge in [-0.3, -0.25) is 4.79 Å². The maximum atomic E-state index is 12.1. The van der Waals surface area contributed by atoms with Crippen molar-refractivity contribution in [2.24, 2.45) is 4.99 Å². The Labute approximate surface area is 184 Å². The third-order valence-corrected chi connectivity index (χ3v) is 5.05. The second-order valence-electron chi connectivity index (χ2n) is 7.55. The van der Waals surface area contributed by atoms with Crippen molar-refractivity contribution in [3.63, 3.8) is 0 Å². The summed E-state index contributed by atoms with van der Waals surface area (Å²) in [6.07, 6.45) is 0. The topological polar surface area (TPSA) is 56.7 Å². The zero-order chi connectivity index (χ0) is 21.9. The molecule has 3 aromatic carbocycles. The number of hydrogen-bond donors (Lipinski definition) is 2. The van der Waals surface area contributed by atoms with Gasteiger partial charge in [0.2, 0.25) is 5.91 Å². The van der Waals surface area contributed by atoms with Crippen molar-refractivity contribution in [2.45, 2.75) is 12.5 Å². The second-order valence-corrected chi connectivity index (χ2v) is 7.55. The lowest BCUT2D eigenvalue weighted by molar-refractivity contribution is -0.127. The van der Waals surface area contributed by atoms with E-state index in [4.69, 9.17) is 4.99 Å². The average Bonchev–Trinajstić information content (AvgIpc) is 2.82. The highest BCUT2D eigenvalue weighted by molar-refractivity contribution is 5.86. The molecule has 0 aliphatic heterocycles. The Kier molecular flexibility index (Phi) is 8.23. The van der Waals surface area contributed by atoms with Crippen LogP contribution in [0.25, 0.3) is 0 Å². The van der Waals surface area contributed by atoms with Gasteiger partial charge in [-0.05, 0) is 16.7 Å². The molecule has 0 heterocycles. The van der Waals surface area contributed by atoms with Crippen molar-refractivity contribution in [2.75, 3.05) is 27.2 Å². The Morgan fingerprint density at radius 3 is 1.84 bits per heavy atom. The summed E-state index contributed by atoms with van der Waals surface area (Å²) in [6, 6.07) is 30.9. The lowest BCUT2D eigenvalue weighted by atomic mass is 9.91. The average molecular weight is 415 g/mol. The fraction of sp³-hybridized carbons (Fsp3) is 0.231. The Bertz CT molecular complexity index is 917. The van der Waals surface area contributed by atoms with Crippen LogP contribution >= 0.6 is 0 Å². The minimum absolute atomic E-state index is 0.00289. The predicted molar refractivity (Wildman–Crippen MR) is 127 cm³/mol. The number of amides is 1. The summed E-state index contributed by atoms with van der Waals surface area (Å²) in [5.74, 6) is 0.781. The molecule has 0 spiro atoms. The smallest absolute Gasteiger partial charge is 0.241 e. The first-order valence-corrected chi connectivity index (χ1v) is 10.5. The van der Waals surface area contributed by atoms with E-state index in [2.05, 4.69) is 59.2 Å². The highest BCUT2D eigenvalue weighted by atomic mass is 16.2. The number of nitrogens with zero attached hydrogens (tertiary/aromatic N) is 2. The first-order chi connectivity index (χ1) is 15.1. The molecular weight excluding hydrogens is 384 g/mol. The van der Waals surface area contributed by atoms with Crippen molar-refractivity contribution < 1.29 is 4.79 Å². The number of nitrogens with one attached hydrogen (secondary N) is 2. The molecule has 3 aromatic rings. The van der Waals surface area contributed by atoms with Crippen molar-refractivity contribution in [1.82, 2.24) is 15.5 Å². The van der Waals surface area contributed by atoms with Crippen LogP contribution < -0.4 is 10.6 Å². The van der Waals surface area contributed by atoms with Crippen LogP contribution in [0.15, 0.2) is 96.0 Å². The summed E-state index contributed by atoms with van der Waals surface area (Å²) in [4.78, 5) is 18.4. The van der Waals surface area contributed by atoms with Gasteiger partial charge in [-0.25, -0.2) is 4.99 Å². The Morgan fingerprint density at radius 1 is 0.806 bits per heavy atom. The van der Waals surface area contributed by atoms with Crippen LogP contribution in [0.3, 0.4) is 0 Å². The van der Waals surface area contributed by atoms with Crippen LogP contribution in [-0.4, -0.2) is 44.0 Å². The fourth-order valence-electron chi connectivity index (χ4n) is 3.24. The van der Waals surface area contributed by atoms with Gasteiger partial charge in [0.25, 0.3) is 0 Å². The number of benzene rings is 3. The second kappa shape index (κ2) is 11.6. The quantitative estimate of drug-likeness (QED) is 0.437. The molecule has 5 nitrogen and oxygen atoms in total. The first-order valence-electron chi connectivity index (χ1n) is 10.5. The van der Waals surface area contributed by atoms with Gasteiger partial charge in [0, 0.05) is 26.6 Å². The third kappa shape index (κ3) is 7.00. The molecule has 0 aromatic heterocycles. The maximum absolute atomic E-state index is 12.1. The first kappa shape index (κ1) is 22.1. The molecule has 5 heteroatoms. The minimum atomic E-state index is -0.00289. The highest BCUT2D eigenvalue weighted by Crippen LogP contribution is 2.23. The molecule has 160 valence electrons. The number of aliphatic imine (C=N–C) groups is 1. The molecule has 2 N–H and O–H groups in total. The number of guanidine groups is 1. The third-order valence-electron chi connectivity index (χ3n) is 5.05. The van der Waals surface area contributed by atoms with Gasteiger partial charge >= 0.3 is 0 Å². The molecule has 0 bridgehead atoms. The van der Waals surface area contributed by atoms with Gasteiger partial charge in [-0.15, -0.1) is 0 Å². The van der Waals surface area contributed by atoms with Crippen molar-refractivity contribution in [3.05, 3.63) is 108 Å². The highest BCUT2D eigenvalue weighted by Gasteiger charge is 2.15. The van der Waals surface area contributed by atoms with Crippen molar-refractivity contribution in [1.29, 1.82) is 0 Å². The summed E-state index contributed by atoms with van der Waals surface area (Å²) >= 11 is 0. The van der Waals surface area contributed by atoms with Crippen LogP contribution in [0.1, 0.15) is 22.6 Å². The Balaban J connectivity index is 1.76. The normalized spacial score (nSPS) is 11.3. The van der Waals surface area contributed by atoms with E-state index in [0.717, 1.165) is 5.56 Å². The summed E-state index contributed by atoms with van der Waals surface area (Å²) in [7, 11) is 3.50. The molecule has 31 heavy (non-hydrogen) atoms. The Morgan fingerprint density at radius 2 is 1.32 bits per heavy atom. The molecule has 3 rings (SSSR count). The minimum Gasteiger partial charge on any atom is -0.355 e. The lowest BCUT2D eigenvalue weighted by Crippen LogP contribution is -2.44. The SMILES string of the molecule is CN(C)C(=O)CNC(=NCc1ccccc1)NCC(c1ccccc1)c1ccccc1. The fourth-order valence-corrected chi connectivity index (χ4v) is 3.24. The molecule has 0 atom stereocenters. The molecule has 0 unspecified atom stereocenters. The largest absolute Gasteiger partial charge is 0.355 e. The number of likely N-dealkylation sites (N-methyl/N-ethyl adjacent to an activating group) is 1. The molecule has 0 fully saturated rings. The molecule has 0 aliphatic rings. The maximum Gasteiger partial charge on any atom is 0.241 e. The lowest BCUT2D eigenvalue weighted by Gasteiger charge is -2.21. The molecule has 0 radical (unpaired) electrons. The monoisotopic (exact) mass is 414 g/mol. The van der Waals surface area contributed by atoms with Gasteiger partial charge in [0.1, 0.15) is 0 Å². The van der Waals surface area contributed by atoms with Crippen LogP contribution in [0.4, 0.5) is 0 Å². The van der Waals surface area contributed by atoms with Crippen LogP contribution in [0.2, 0.25) is 0 Å². The predicted octanol–water partition coefficient (Wildman–Crippen LogP) is 3.64. The molecule has 0 aliphatic carbocycles. The molecule has 0 saturated carbocycles. The van der Waals surface area contributed by atoms with E-state index in [1.165, 1.54) is 11.1 Å². The van der Waals surface area contributed by atoms with E-state index in [1.807, 2.05) is 42.5 Å². The van der Waals surface area contributed by atoms with Gasteiger partial charge < -0.3 is 15.5 Å². The van der Waals surface area contributed by atoms with Crippen molar-refractivity contribution in [3.8, 4) is 0 Å². The van der Waals surface area contributed by atoms with E-state index in [0.29, 0.717) is 19.0 Å². The summed E-state index contributed by atoms with van der Waals surface area (Å²) in [6.45, 7) is 1.38.